The van der Waals surface area contributed by atoms with Crippen molar-refractivity contribution in [2.75, 3.05) is 0 Å². The van der Waals surface area contributed by atoms with E-state index in [1.54, 1.807) is 0 Å². The molecule has 0 heteroatoms. The van der Waals surface area contributed by atoms with Gasteiger partial charge in [0.25, 0.3) is 0 Å². The largest absolute Gasteiger partial charge is 0.0654 e. The van der Waals surface area contributed by atoms with Gasteiger partial charge in [0.15, 0.2) is 0 Å². The maximum Gasteiger partial charge on any atom is -0.0414 e. The second-order valence-electron chi connectivity index (χ2n) is 9.10. The molecule has 0 aliphatic heterocycles. The molecule has 0 fully saturated rings. The molecule has 0 aromatic carbocycles. The summed E-state index contributed by atoms with van der Waals surface area (Å²) in [5.74, 6) is 0.994. The Balaban J connectivity index is 3.17. The van der Waals surface area contributed by atoms with Gasteiger partial charge in [-0.3, -0.25) is 0 Å². The number of hydrogen-bond acceptors (Lipinski definition) is 0. The highest BCUT2D eigenvalue weighted by Crippen LogP contribution is 2.22. The van der Waals surface area contributed by atoms with E-state index in [0.717, 1.165) is 12.3 Å². The maximum absolute atomic E-state index is 4.00. The van der Waals surface area contributed by atoms with Crippen LogP contribution in [0, 0.1) is 12.8 Å². The highest BCUT2D eigenvalue weighted by Gasteiger charge is 2.06. The standard InChI is InChI=1S/C27H55/c1-4-7-9-10-11-12-13-14-15-16-17-18-19-20-21-22-23-26-27(24-6-3)25-8-5-2/h27H,2,4-26H2,1,3H3. The van der Waals surface area contributed by atoms with Crippen LogP contribution in [0.15, 0.2) is 0 Å². The first-order valence-corrected chi connectivity index (χ1v) is 13.1. The van der Waals surface area contributed by atoms with Gasteiger partial charge in [-0.05, 0) is 5.92 Å². The lowest BCUT2D eigenvalue weighted by molar-refractivity contribution is 0.385. The van der Waals surface area contributed by atoms with Crippen molar-refractivity contribution in [3.8, 4) is 0 Å². The summed E-state index contributed by atoms with van der Waals surface area (Å²) in [7, 11) is 0. The molecule has 0 aromatic heterocycles. The monoisotopic (exact) mass is 379 g/mol. The van der Waals surface area contributed by atoms with Crippen LogP contribution in [0.4, 0.5) is 0 Å². The van der Waals surface area contributed by atoms with E-state index in [0.29, 0.717) is 0 Å². The lowest BCUT2D eigenvalue weighted by atomic mass is 9.91. The predicted octanol–water partition coefficient (Wildman–Crippen LogP) is 10.4. The molecule has 1 unspecified atom stereocenters. The molecule has 0 nitrogen and oxygen atoms in total. The molecule has 1 atom stereocenters. The highest BCUT2D eigenvalue weighted by molar-refractivity contribution is 4.60. The van der Waals surface area contributed by atoms with Crippen molar-refractivity contribution in [1.29, 1.82) is 0 Å². The Hall–Kier alpha value is 0. The topological polar surface area (TPSA) is 0 Å². The minimum Gasteiger partial charge on any atom is -0.0654 e. The molecule has 27 heavy (non-hydrogen) atoms. The van der Waals surface area contributed by atoms with Gasteiger partial charge < -0.3 is 0 Å². The molecular formula is C27H55. The van der Waals surface area contributed by atoms with E-state index in [-0.39, 0.29) is 0 Å². The van der Waals surface area contributed by atoms with Crippen LogP contribution in [-0.4, -0.2) is 0 Å². The summed E-state index contributed by atoms with van der Waals surface area (Å²) in [5.41, 5.74) is 0. The van der Waals surface area contributed by atoms with Crippen LogP contribution in [0.1, 0.15) is 162 Å². The summed E-state index contributed by atoms with van der Waals surface area (Å²) in [5, 5.41) is 0. The fourth-order valence-corrected chi connectivity index (χ4v) is 4.43. The van der Waals surface area contributed by atoms with E-state index < -0.39 is 0 Å². The molecular weight excluding hydrogens is 324 g/mol. The molecule has 163 valence electrons. The van der Waals surface area contributed by atoms with Gasteiger partial charge in [-0.2, -0.15) is 0 Å². The maximum atomic E-state index is 4.00. The SMILES string of the molecule is [CH2]CCCC(CCC)CCCCCCCCCCCCCCCCCCC. The minimum atomic E-state index is 0.994. The van der Waals surface area contributed by atoms with Gasteiger partial charge >= 0.3 is 0 Å². The van der Waals surface area contributed by atoms with Crippen LogP contribution in [-0.2, 0) is 0 Å². The molecule has 0 bridgehead atoms. The summed E-state index contributed by atoms with van der Waals surface area (Å²) in [6, 6.07) is 0. The molecule has 0 saturated carbocycles. The Morgan fingerprint density at radius 2 is 0.778 bits per heavy atom. The lowest BCUT2D eigenvalue weighted by Gasteiger charge is -2.15. The summed E-state index contributed by atoms with van der Waals surface area (Å²) >= 11 is 0. The average Bonchev–Trinajstić information content (AvgIpc) is 2.68. The Kier molecular flexibility index (Phi) is 24.0. The molecule has 0 rings (SSSR count). The summed E-state index contributed by atoms with van der Waals surface area (Å²) in [6.45, 7) is 8.64. The molecule has 0 aliphatic rings. The number of unbranched alkanes of at least 4 members (excludes halogenated alkanes) is 17. The average molecular weight is 380 g/mol. The molecule has 0 aromatic rings. The van der Waals surface area contributed by atoms with Gasteiger partial charge in [0, 0.05) is 0 Å². The fraction of sp³-hybridized carbons (Fsp3) is 0.963. The smallest absolute Gasteiger partial charge is 0.0414 e. The summed E-state index contributed by atoms with van der Waals surface area (Å²) < 4.78 is 0. The van der Waals surface area contributed by atoms with Crippen molar-refractivity contribution in [2.45, 2.75) is 162 Å². The molecule has 0 saturated heterocycles. The Morgan fingerprint density at radius 3 is 1.15 bits per heavy atom. The Labute approximate surface area is 174 Å². The summed E-state index contributed by atoms with van der Waals surface area (Å²) in [6.07, 6.45) is 33.2. The minimum absolute atomic E-state index is 0.994. The van der Waals surface area contributed by atoms with Gasteiger partial charge in [-0.25, -0.2) is 0 Å². The van der Waals surface area contributed by atoms with Gasteiger partial charge in [-0.1, -0.05) is 168 Å². The third-order valence-electron chi connectivity index (χ3n) is 6.28. The van der Waals surface area contributed by atoms with Crippen molar-refractivity contribution < 1.29 is 0 Å². The second kappa shape index (κ2) is 24.0. The second-order valence-corrected chi connectivity index (χ2v) is 9.10. The van der Waals surface area contributed by atoms with Crippen molar-refractivity contribution in [2.24, 2.45) is 5.92 Å². The predicted molar refractivity (Wildman–Crippen MR) is 126 cm³/mol. The van der Waals surface area contributed by atoms with Crippen molar-refractivity contribution in [3.63, 3.8) is 0 Å². The van der Waals surface area contributed by atoms with E-state index in [1.165, 1.54) is 141 Å². The highest BCUT2D eigenvalue weighted by atomic mass is 14.1. The first kappa shape index (κ1) is 27.0. The lowest BCUT2D eigenvalue weighted by Crippen LogP contribution is -2.00. The van der Waals surface area contributed by atoms with Crippen LogP contribution in [0.3, 0.4) is 0 Å². The first-order valence-electron chi connectivity index (χ1n) is 13.1. The Bertz CT molecular complexity index is 244. The quantitative estimate of drug-likeness (QED) is 0.155. The van der Waals surface area contributed by atoms with Crippen molar-refractivity contribution >= 4 is 0 Å². The van der Waals surface area contributed by atoms with Crippen LogP contribution in [0.2, 0.25) is 0 Å². The van der Waals surface area contributed by atoms with Gasteiger partial charge in [0.1, 0.15) is 0 Å². The van der Waals surface area contributed by atoms with Crippen LogP contribution in [0.25, 0.3) is 0 Å². The molecule has 0 N–H and O–H groups in total. The van der Waals surface area contributed by atoms with Crippen LogP contribution >= 0.6 is 0 Å². The van der Waals surface area contributed by atoms with Crippen LogP contribution in [0.5, 0.6) is 0 Å². The zero-order valence-corrected chi connectivity index (χ0v) is 19.5. The van der Waals surface area contributed by atoms with Gasteiger partial charge in [0.2, 0.25) is 0 Å². The van der Waals surface area contributed by atoms with E-state index in [1.807, 2.05) is 0 Å². The zero-order valence-electron chi connectivity index (χ0n) is 19.5. The first-order chi connectivity index (χ1) is 13.3. The number of hydrogen-bond donors (Lipinski definition) is 0. The normalized spacial score (nSPS) is 12.6. The summed E-state index contributed by atoms with van der Waals surface area (Å²) in [4.78, 5) is 0. The molecule has 0 aliphatic carbocycles. The van der Waals surface area contributed by atoms with Crippen molar-refractivity contribution in [1.82, 2.24) is 0 Å². The molecule has 0 amide bonds. The zero-order chi connectivity index (χ0) is 19.8. The van der Waals surface area contributed by atoms with Gasteiger partial charge in [0.05, 0.1) is 0 Å². The molecule has 0 spiro atoms. The van der Waals surface area contributed by atoms with E-state index in [2.05, 4.69) is 20.8 Å². The molecule has 0 heterocycles. The van der Waals surface area contributed by atoms with Crippen LogP contribution < -0.4 is 0 Å². The third-order valence-corrected chi connectivity index (χ3v) is 6.28. The van der Waals surface area contributed by atoms with E-state index in [9.17, 15) is 0 Å². The van der Waals surface area contributed by atoms with Gasteiger partial charge in [-0.15, -0.1) is 0 Å². The molecule has 1 radical (unpaired) electrons. The van der Waals surface area contributed by atoms with E-state index >= 15 is 0 Å². The third kappa shape index (κ3) is 22.2. The number of rotatable bonds is 23. The fourth-order valence-electron chi connectivity index (χ4n) is 4.43. The van der Waals surface area contributed by atoms with E-state index in [4.69, 9.17) is 0 Å². The Morgan fingerprint density at radius 1 is 0.407 bits per heavy atom. The van der Waals surface area contributed by atoms with Crippen molar-refractivity contribution in [3.05, 3.63) is 6.92 Å².